The highest BCUT2D eigenvalue weighted by atomic mass is 16.6. The van der Waals surface area contributed by atoms with Gasteiger partial charge in [0.2, 0.25) is 0 Å². The van der Waals surface area contributed by atoms with Gasteiger partial charge in [0.05, 0.1) is 0 Å². The topological polar surface area (TPSA) is 55.6 Å². The zero-order chi connectivity index (χ0) is 13.3. The average molecular weight is 260 g/mol. The fourth-order valence-electron chi connectivity index (χ4n) is 2.97. The Bertz CT molecular complexity index is 462. The third-order valence-corrected chi connectivity index (χ3v) is 4.32. The second-order valence-electron chi connectivity index (χ2n) is 5.74. The van der Waals surface area contributed by atoms with E-state index in [0.717, 1.165) is 37.9 Å². The van der Waals surface area contributed by atoms with Crippen LogP contribution in [0.1, 0.15) is 24.8 Å². The van der Waals surface area contributed by atoms with Crippen LogP contribution in [0.4, 0.5) is 4.79 Å². The Labute approximate surface area is 113 Å². The van der Waals surface area contributed by atoms with Gasteiger partial charge in [-0.1, -0.05) is 30.3 Å². The van der Waals surface area contributed by atoms with Crippen molar-refractivity contribution in [1.82, 2.24) is 4.90 Å². The molecule has 0 bridgehead atoms. The van der Waals surface area contributed by atoms with Gasteiger partial charge in [0.15, 0.2) is 0 Å². The van der Waals surface area contributed by atoms with Crippen LogP contribution in [0.3, 0.4) is 0 Å². The quantitative estimate of drug-likeness (QED) is 0.886. The highest BCUT2D eigenvalue weighted by Gasteiger charge is 2.54. The Morgan fingerprint density at radius 1 is 1.42 bits per heavy atom. The summed E-state index contributed by atoms with van der Waals surface area (Å²) in [5.41, 5.74) is 7.20. The van der Waals surface area contributed by atoms with Gasteiger partial charge in [0, 0.05) is 24.5 Å². The summed E-state index contributed by atoms with van der Waals surface area (Å²) in [6.45, 7) is 1.90. The zero-order valence-electron chi connectivity index (χ0n) is 11.0. The molecular formula is C15H20N2O2. The lowest BCUT2D eigenvalue weighted by Gasteiger charge is -2.32. The summed E-state index contributed by atoms with van der Waals surface area (Å²) in [6.07, 6.45) is 3.03. The molecule has 1 spiro atoms. The van der Waals surface area contributed by atoms with Gasteiger partial charge in [-0.25, -0.2) is 4.79 Å². The molecule has 1 heterocycles. The number of nitrogens with zero attached hydrogens (tertiary/aromatic N) is 1. The fourth-order valence-corrected chi connectivity index (χ4v) is 2.97. The minimum Gasteiger partial charge on any atom is -0.445 e. The first kappa shape index (κ1) is 12.5. The predicted molar refractivity (Wildman–Crippen MR) is 72.5 cm³/mol. The molecule has 1 aromatic rings. The van der Waals surface area contributed by atoms with Gasteiger partial charge in [-0.2, -0.15) is 0 Å². The average Bonchev–Trinajstić information content (AvgIpc) is 3.06. The number of piperidine rings is 1. The van der Waals surface area contributed by atoms with Gasteiger partial charge >= 0.3 is 6.09 Å². The van der Waals surface area contributed by atoms with Crippen LogP contribution in [0.15, 0.2) is 30.3 Å². The molecule has 2 N–H and O–H groups in total. The van der Waals surface area contributed by atoms with Crippen LogP contribution >= 0.6 is 0 Å². The molecule has 1 amide bonds. The van der Waals surface area contributed by atoms with Crippen molar-refractivity contribution in [2.75, 3.05) is 13.1 Å². The maximum atomic E-state index is 12.1. The molecule has 1 aromatic carbocycles. The Morgan fingerprint density at radius 3 is 2.84 bits per heavy atom. The molecule has 1 saturated heterocycles. The Hall–Kier alpha value is -1.55. The van der Waals surface area contributed by atoms with E-state index in [9.17, 15) is 4.79 Å². The minimum atomic E-state index is -0.206. The molecule has 4 heteroatoms. The number of carbonyl (C=O) groups excluding carboxylic acids is 1. The summed E-state index contributed by atoms with van der Waals surface area (Å²) in [6, 6.07) is 10.0. The van der Waals surface area contributed by atoms with Crippen molar-refractivity contribution in [2.45, 2.75) is 31.9 Å². The number of hydrogen-bond donors (Lipinski definition) is 1. The van der Waals surface area contributed by atoms with Crippen LogP contribution < -0.4 is 5.73 Å². The zero-order valence-corrected chi connectivity index (χ0v) is 11.0. The summed E-state index contributed by atoms with van der Waals surface area (Å²) in [7, 11) is 0. The predicted octanol–water partition coefficient (Wildman–Crippen LogP) is 2.14. The van der Waals surface area contributed by atoms with Gasteiger partial charge in [0.1, 0.15) is 6.61 Å². The number of nitrogens with two attached hydrogens (primary N) is 1. The van der Waals surface area contributed by atoms with Crippen LogP contribution in [0.5, 0.6) is 0 Å². The fraction of sp³-hybridized carbons (Fsp3) is 0.533. The molecule has 2 aliphatic rings. The molecule has 1 aliphatic heterocycles. The van der Waals surface area contributed by atoms with Gasteiger partial charge in [-0.3, -0.25) is 0 Å². The molecular weight excluding hydrogens is 240 g/mol. The van der Waals surface area contributed by atoms with E-state index in [0.29, 0.717) is 6.61 Å². The first-order chi connectivity index (χ1) is 9.20. The van der Waals surface area contributed by atoms with Gasteiger partial charge in [0.25, 0.3) is 0 Å². The number of amides is 1. The van der Waals surface area contributed by atoms with E-state index in [4.69, 9.17) is 10.5 Å². The second-order valence-corrected chi connectivity index (χ2v) is 5.74. The van der Waals surface area contributed by atoms with Crippen LogP contribution in [0.25, 0.3) is 0 Å². The van der Waals surface area contributed by atoms with Crippen molar-refractivity contribution in [3.05, 3.63) is 35.9 Å². The lowest BCUT2D eigenvalue weighted by molar-refractivity contribution is 0.0747. The molecule has 0 aromatic heterocycles. The molecule has 3 rings (SSSR count). The SMILES string of the molecule is NC1CC12CCCN(C(=O)OCc1ccccc1)C2. The summed E-state index contributed by atoms with van der Waals surface area (Å²) in [5, 5.41) is 0. The Morgan fingerprint density at radius 2 is 2.16 bits per heavy atom. The van der Waals surface area contributed by atoms with Gasteiger partial charge < -0.3 is 15.4 Å². The molecule has 19 heavy (non-hydrogen) atoms. The van der Waals surface area contributed by atoms with Gasteiger partial charge in [-0.15, -0.1) is 0 Å². The van der Waals surface area contributed by atoms with Crippen molar-refractivity contribution in [3.8, 4) is 0 Å². The van der Waals surface area contributed by atoms with Crippen molar-refractivity contribution in [1.29, 1.82) is 0 Å². The molecule has 102 valence electrons. The molecule has 4 nitrogen and oxygen atoms in total. The van der Waals surface area contributed by atoms with E-state index in [1.54, 1.807) is 0 Å². The van der Waals surface area contributed by atoms with Crippen molar-refractivity contribution in [2.24, 2.45) is 11.1 Å². The number of rotatable bonds is 2. The lowest BCUT2D eigenvalue weighted by Crippen LogP contribution is -2.42. The van der Waals surface area contributed by atoms with Crippen LogP contribution in [0.2, 0.25) is 0 Å². The molecule has 1 aliphatic carbocycles. The molecule has 2 fully saturated rings. The molecule has 1 saturated carbocycles. The Kier molecular flexibility index (Phi) is 3.19. The number of hydrogen-bond acceptors (Lipinski definition) is 3. The standard InChI is InChI=1S/C15H20N2O2/c16-13-9-15(13)7-4-8-17(11-15)14(18)19-10-12-5-2-1-3-6-12/h1-3,5-6,13H,4,7-11,16H2. The first-order valence-electron chi connectivity index (χ1n) is 6.91. The van der Waals surface area contributed by atoms with Crippen LogP contribution in [0, 0.1) is 5.41 Å². The number of carbonyl (C=O) groups is 1. The van der Waals surface area contributed by atoms with E-state index >= 15 is 0 Å². The molecule has 0 radical (unpaired) electrons. The monoisotopic (exact) mass is 260 g/mol. The number of ether oxygens (including phenoxy) is 1. The maximum absolute atomic E-state index is 12.1. The number of likely N-dealkylation sites (tertiary alicyclic amines) is 1. The highest BCUT2D eigenvalue weighted by Crippen LogP contribution is 2.50. The molecule has 2 atom stereocenters. The summed E-state index contributed by atoms with van der Waals surface area (Å²) in [4.78, 5) is 13.9. The van der Waals surface area contributed by atoms with Gasteiger partial charge in [-0.05, 0) is 24.8 Å². The number of benzene rings is 1. The van der Waals surface area contributed by atoms with E-state index in [-0.39, 0.29) is 17.6 Å². The highest BCUT2D eigenvalue weighted by molar-refractivity contribution is 5.68. The van der Waals surface area contributed by atoms with Crippen molar-refractivity contribution in [3.63, 3.8) is 0 Å². The summed E-state index contributed by atoms with van der Waals surface area (Å²) < 4.78 is 5.37. The van der Waals surface area contributed by atoms with E-state index < -0.39 is 0 Å². The molecule has 2 unspecified atom stereocenters. The first-order valence-corrected chi connectivity index (χ1v) is 6.91. The second kappa shape index (κ2) is 4.85. The van der Waals surface area contributed by atoms with E-state index in [1.165, 1.54) is 0 Å². The normalized spacial score (nSPS) is 29.3. The van der Waals surface area contributed by atoms with E-state index in [2.05, 4.69) is 0 Å². The third kappa shape index (κ3) is 2.59. The third-order valence-electron chi connectivity index (χ3n) is 4.32. The summed E-state index contributed by atoms with van der Waals surface area (Å²) in [5.74, 6) is 0. The van der Waals surface area contributed by atoms with Crippen LogP contribution in [-0.2, 0) is 11.3 Å². The summed E-state index contributed by atoms with van der Waals surface area (Å²) >= 11 is 0. The van der Waals surface area contributed by atoms with Crippen molar-refractivity contribution >= 4 is 6.09 Å². The maximum Gasteiger partial charge on any atom is 0.410 e. The minimum absolute atomic E-state index is 0.198. The van der Waals surface area contributed by atoms with E-state index in [1.807, 2.05) is 35.2 Å². The lowest BCUT2D eigenvalue weighted by atomic mass is 9.94. The van der Waals surface area contributed by atoms with Crippen molar-refractivity contribution < 1.29 is 9.53 Å². The smallest absolute Gasteiger partial charge is 0.410 e. The Balaban J connectivity index is 1.53. The largest absolute Gasteiger partial charge is 0.445 e. The van der Waals surface area contributed by atoms with Crippen LogP contribution in [-0.4, -0.2) is 30.1 Å².